The molecule has 248 valence electrons. The number of nitrogens with one attached hydrogen (secondary N) is 2. The Balaban J connectivity index is 1.26. The van der Waals surface area contributed by atoms with Crippen molar-refractivity contribution in [2.75, 3.05) is 6.54 Å². The van der Waals surface area contributed by atoms with E-state index in [1.807, 2.05) is 18.2 Å². The van der Waals surface area contributed by atoms with Crippen molar-refractivity contribution in [3.63, 3.8) is 0 Å². The van der Waals surface area contributed by atoms with Gasteiger partial charge in [0, 0.05) is 12.1 Å². The van der Waals surface area contributed by atoms with E-state index in [-0.39, 0.29) is 45.0 Å². The van der Waals surface area contributed by atoms with Crippen LogP contribution in [0.2, 0.25) is 0 Å². The predicted molar refractivity (Wildman–Crippen MR) is 180 cm³/mol. The smallest absolute Gasteiger partial charge is 0.265 e. The lowest BCUT2D eigenvalue weighted by Gasteiger charge is -2.72. The first-order valence-electron chi connectivity index (χ1n) is 17.9. The van der Waals surface area contributed by atoms with Gasteiger partial charge in [-0.05, 0) is 146 Å². The molecule has 0 aromatic heterocycles. The molecule has 0 heterocycles. The fourth-order valence-electron chi connectivity index (χ4n) is 13.0. The highest BCUT2D eigenvalue weighted by molar-refractivity contribution is 5.93. The summed E-state index contributed by atoms with van der Waals surface area (Å²) >= 11 is 0. The summed E-state index contributed by atoms with van der Waals surface area (Å²) in [6, 6.07) is 7.48. The van der Waals surface area contributed by atoms with E-state index in [1.54, 1.807) is 6.07 Å². The number of allylic oxidation sites excluding steroid dienone is 1. The first kappa shape index (κ1) is 32.7. The molecule has 6 nitrogen and oxygen atoms in total. The fraction of sp³-hybridized carbons (Fsp3) is 0.744. The summed E-state index contributed by atoms with van der Waals surface area (Å²) in [6.45, 7) is 19.8. The van der Waals surface area contributed by atoms with Crippen molar-refractivity contribution >= 4 is 11.8 Å². The number of amides is 2. The Kier molecular flexibility index (Phi) is 8.16. The fourth-order valence-corrected chi connectivity index (χ4v) is 13.0. The van der Waals surface area contributed by atoms with E-state index < -0.39 is 0 Å². The van der Waals surface area contributed by atoms with Gasteiger partial charge in [-0.15, -0.1) is 0 Å². The molecule has 4 unspecified atom stereocenters. The highest BCUT2D eigenvalue weighted by atomic mass is 16.3. The molecule has 2 amide bonds. The number of hydrogen-bond donors (Lipinski definition) is 4. The van der Waals surface area contributed by atoms with Crippen LogP contribution >= 0.6 is 0 Å². The highest BCUT2D eigenvalue weighted by Crippen LogP contribution is 2.77. The molecule has 6 heteroatoms. The summed E-state index contributed by atoms with van der Waals surface area (Å²) in [6.07, 6.45) is 11.5. The lowest BCUT2D eigenvalue weighted by Crippen LogP contribution is -2.67. The normalized spacial score (nSPS) is 43.2. The number of aliphatic hydroxyl groups is 1. The minimum absolute atomic E-state index is 0.0411. The third-order valence-corrected chi connectivity index (χ3v) is 15.5. The molecular formula is C39H59N3O3. The minimum Gasteiger partial charge on any atom is -0.393 e. The molecule has 10 atom stereocenters. The van der Waals surface area contributed by atoms with Crippen molar-refractivity contribution in [2.24, 2.45) is 62.5 Å². The van der Waals surface area contributed by atoms with Gasteiger partial charge in [0.25, 0.3) is 5.91 Å². The van der Waals surface area contributed by atoms with Gasteiger partial charge in [0.1, 0.15) is 0 Å². The maximum atomic E-state index is 14.4. The Morgan fingerprint density at radius 3 is 2.40 bits per heavy atom. The van der Waals surface area contributed by atoms with Gasteiger partial charge in [-0.2, -0.15) is 0 Å². The number of fused-ring (bicyclic) bond motifs is 7. The summed E-state index contributed by atoms with van der Waals surface area (Å²) in [5.74, 6) is 7.71. The van der Waals surface area contributed by atoms with Crippen LogP contribution in [0.15, 0.2) is 36.4 Å². The number of hydrogen-bond acceptors (Lipinski definition) is 4. The molecule has 6 rings (SSSR count). The van der Waals surface area contributed by atoms with Crippen LogP contribution in [0.4, 0.5) is 0 Å². The Labute approximate surface area is 271 Å². The zero-order chi connectivity index (χ0) is 32.6. The van der Waals surface area contributed by atoms with Gasteiger partial charge in [-0.25, -0.2) is 5.84 Å². The molecule has 1 aromatic carbocycles. The monoisotopic (exact) mass is 617 g/mol. The van der Waals surface area contributed by atoms with Crippen molar-refractivity contribution in [3.05, 3.63) is 47.5 Å². The molecule has 5 N–H and O–H groups in total. The Hall–Kier alpha value is -2.18. The van der Waals surface area contributed by atoms with Gasteiger partial charge in [0.05, 0.1) is 11.5 Å². The van der Waals surface area contributed by atoms with Crippen molar-refractivity contribution in [1.29, 1.82) is 0 Å². The van der Waals surface area contributed by atoms with Gasteiger partial charge >= 0.3 is 0 Å². The zero-order valence-electron chi connectivity index (χ0n) is 28.8. The van der Waals surface area contributed by atoms with Gasteiger partial charge in [0.15, 0.2) is 0 Å². The second-order valence-electron chi connectivity index (χ2n) is 17.4. The van der Waals surface area contributed by atoms with Crippen LogP contribution in [0.1, 0.15) is 122 Å². The maximum absolute atomic E-state index is 14.4. The maximum Gasteiger partial charge on any atom is 0.265 e. The van der Waals surface area contributed by atoms with E-state index >= 15 is 0 Å². The highest BCUT2D eigenvalue weighted by Gasteiger charge is 2.71. The number of benzene rings is 1. The molecular weight excluding hydrogens is 558 g/mol. The van der Waals surface area contributed by atoms with Crippen LogP contribution in [0.25, 0.3) is 0 Å². The van der Waals surface area contributed by atoms with Gasteiger partial charge in [-0.3, -0.25) is 15.0 Å². The third kappa shape index (κ3) is 4.70. The lowest BCUT2D eigenvalue weighted by molar-refractivity contribution is -0.246. The van der Waals surface area contributed by atoms with Crippen LogP contribution in [0.5, 0.6) is 0 Å². The lowest BCUT2D eigenvalue weighted by atomic mass is 9.32. The standard InChI is InChI=1S/C39H59N3O3/c1-24(2)27-13-19-39(34(45)41-22-16-25-9-8-10-26(23-25)33(44)42-40)21-20-37(6)28(32(27)39)11-12-30-36(5)17-15-31(43)35(3,4)29(36)14-18-38(30,37)7/h8-10,23,27-32,43H,1,11-22,40H2,2-7H3,(H,41,45)(H,42,44)/t27-,28?,29?,30?,31-,32?,36-,37+,38+,39-/m0/s1. The number of rotatable bonds is 6. The van der Waals surface area contributed by atoms with Crippen LogP contribution in [0.3, 0.4) is 0 Å². The van der Waals surface area contributed by atoms with E-state index in [2.05, 4.69) is 58.9 Å². The Morgan fingerprint density at radius 2 is 1.69 bits per heavy atom. The first-order chi connectivity index (χ1) is 21.2. The number of hydrazine groups is 1. The summed E-state index contributed by atoms with van der Waals surface area (Å²) < 4.78 is 0. The van der Waals surface area contributed by atoms with Crippen LogP contribution in [-0.4, -0.2) is 29.6 Å². The Morgan fingerprint density at radius 1 is 0.933 bits per heavy atom. The molecule has 0 aliphatic heterocycles. The third-order valence-electron chi connectivity index (χ3n) is 15.5. The van der Waals surface area contributed by atoms with Crippen LogP contribution in [-0.2, 0) is 11.2 Å². The summed E-state index contributed by atoms with van der Waals surface area (Å²) in [4.78, 5) is 26.4. The second-order valence-corrected chi connectivity index (χ2v) is 17.4. The second kappa shape index (κ2) is 11.2. The molecule has 5 aliphatic rings. The molecule has 0 saturated heterocycles. The topological polar surface area (TPSA) is 104 Å². The summed E-state index contributed by atoms with van der Waals surface area (Å²) in [5.41, 5.74) is 5.29. The molecule has 5 saturated carbocycles. The van der Waals surface area contributed by atoms with E-state index in [9.17, 15) is 14.7 Å². The number of nitrogen functional groups attached to an aromatic ring is 1. The predicted octanol–water partition coefficient (Wildman–Crippen LogP) is 6.97. The van der Waals surface area contributed by atoms with Crippen molar-refractivity contribution < 1.29 is 14.7 Å². The largest absolute Gasteiger partial charge is 0.393 e. The average molecular weight is 618 g/mol. The van der Waals surface area contributed by atoms with Crippen molar-refractivity contribution in [3.8, 4) is 0 Å². The number of nitrogens with two attached hydrogens (primary N) is 1. The first-order valence-corrected chi connectivity index (χ1v) is 17.9. The molecule has 0 bridgehead atoms. The quantitative estimate of drug-likeness (QED) is 0.120. The number of aliphatic hydroxyl groups excluding tert-OH is 1. The van der Waals surface area contributed by atoms with E-state index in [0.29, 0.717) is 48.1 Å². The van der Waals surface area contributed by atoms with Crippen LogP contribution in [0, 0.1) is 56.7 Å². The summed E-state index contributed by atoms with van der Waals surface area (Å²) in [7, 11) is 0. The zero-order valence-corrected chi connectivity index (χ0v) is 28.8. The van der Waals surface area contributed by atoms with E-state index in [4.69, 9.17) is 5.84 Å². The van der Waals surface area contributed by atoms with Crippen molar-refractivity contribution in [1.82, 2.24) is 10.7 Å². The summed E-state index contributed by atoms with van der Waals surface area (Å²) in [5, 5.41) is 14.5. The Bertz CT molecular complexity index is 1360. The molecule has 45 heavy (non-hydrogen) atoms. The number of carbonyl (C=O) groups is 2. The van der Waals surface area contributed by atoms with Crippen molar-refractivity contribution in [2.45, 2.75) is 118 Å². The van der Waals surface area contributed by atoms with E-state index in [0.717, 1.165) is 44.1 Å². The SMILES string of the molecule is C=C(C)[C@@H]1CC[C@]2(C(=O)NCCc3cccc(C(=O)NN)c3)CC[C@]3(C)C(CCC4[C@@]5(C)CC[C@H](O)C(C)(C)C5CC[C@]43C)C12. The van der Waals surface area contributed by atoms with Crippen LogP contribution < -0.4 is 16.6 Å². The molecule has 0 radical (unpaired) electrons. The van der Waals surface area contributed by atoms with Gasteiger partial charge in [0.2, 0.25) is 5.91 Å². The van der Waals surface area contributed by atoms with Gasteiger partial charge in [-0.1, -0.05) is 58.9 Å². The van der Waals surface area contributed by atoms with Gasteiger partial charge < -0.3 is 10.4 Å². The molecule has 0 spiro atoms. The van der Waals surface area contributed by atoms with E-state index in [1.165, 1.54) is 31.3 Å². The minimum atomic E-state index is -0.337. The average Bonchev–Trinajstić information content (AvgIpc) is 3.41. The number of carbonyl (C=O) groups excluding carboxylic acids is 2. The molecule has 5 aliphatic carbocycles. The molecule has 1 aromatic rings. The molecule has 5 fully saturated rings.